The molecule has 0 bridgehead atoms. The molecule has 0 aliphatic carbocycles. The van der Waals surface area contributed by atoms with E-state index in [0.717, 1.165) is 0 Å². The summed E-state index contributed by atoms with van der Waals surface area (Å²) in [7, 11) is -6.77. The maximum absolute atomic E-state index is 10.8. The maximum Gasteiger partial charge on any atom is 0.209 e. The Labute approximate surface area is 148 Å². The molecule has 0 rings (SSSR count). The van der Waals surface area contributed by atoms with Gasteiger partial charge in [-0.1, -0.05) is 53.7 Å². The smallest absolute Gasteiger partial charge is 0.209 e. The number of nitrogens with two attached hydrogens (primary N) is 2. The van der Waals surface area contributed by atoms with E-state index in [-0.39, 0.29) is 34.2 Å². The summed E-state index contributed by atoms with van der Waals surface area (Å²) in [4.78, 5) is 0. The van der Waals surface area contributed by atoms with Crippen molar-refractivity contribution in [3.05, 3.63) is 25.3 Å². The Kier molecular flexibility index (Phi) is 9.71. The molecule has 6 nitrogen and oxygen atoms in total. The summed E-state index contributed by atoms with van der Waals surface area (Å²) in [6.07, 6.45) is 3.48. The average Bonchev–Trinajstić information content (AvgIpc) is 2.31. The van der Waals surface area contributed by atoms with Crippen LogP contribution in [-0.2, 0) is 20.0 Å². The fourth-order valence-corrected chi connectivity index (χ4v) is 4.54. The zero-order chi connectivity index (χ0) is 20.0. The van der Waals surface area contributed by atoms with Crippen LogP contribution in [0.2, 0.25) is 0 Å². The topological polar surface area (TPSA) is 120 Å². The van der Waals surface area contributed by atoms with Crippen molar-refractivity contribution >= 4 is 20.0 Å². The highest BCUT2D eigenvalue weighted by atomic mass is 32.2. The van der Waals surface area contributed by atoms with E-state index in [1.165, 1.54) is 0 Å². The molecule has 0 radical (unpaired) electrons. The van der Waals surface area contributed by atoms with Gasteiger partial charge in [0.2, 0.25) is 20.0 Å². The molecule has 0 aromatic carbocycles. The summed E-state index contributed by atoms with van der Waals surface area (Å²) >= 11 is 0. The number of rotatable bonds is 8. The van der Waals surface area contributed by atoms with Crippen molar-refractivity contribution in [1.82, 2.24) is 0 Å². The molecule has 0 saturated carbocycles. The molecule has 0 heterocycles. The Morgan fingerprint density at radius 2 is 1.00 bits per heavy atom. The van der Waals surface area contributed by atoms with Gasteiger partial charge in [0, 0.05) is 0 Å². The number of sulfonamides is 2. The fraction of sp³-hybridized carbons (Fsp3) is 0.750. The molecule has 0 amide bonds. The molecule has 4 N–H and O–H groups in total. The summed E-state index contributed by atoms with van der Waals surface area (Å²) < 4.78 is 43.2. The zero-order valence-corrected chi connectivity index (χ0v) is 17.4. The fourth-order valence-electron chi connectivity index (χ4n) is 1.94. The van der Waals surface area contributed by atoms with Crippen molar-refractivity contribution in [2.75, 3.05) is 11.5 Å². The third-order valence-corrected chi connectivity index (χ3v) is 6.61. The highest BCUT2D eigenvalue weighted by Crippen LogP contribution is 2.28. The second-order valence-electron chi connectivity index (χ2n) is 7.64. The molecule has 0 saturated heterocycles. The number of allylic oxidation sites excluding steroid dienone is 2. The first kappa shape index (κ1) is 25.5. The molecule has 144 valence electrons. The van der Waals surface area contributed by atoms with Crippen molar-refractivity contribution in [3.8, 4) is 0 Å². The van der Waals surface area contributed by atoms with Gasteiger partial charge >= 0.3 is 0 Å². The molecular formula is C16H34N2O4S2. The van der Waals surface area contributed by atoms with Crippen LogP contribution in [0.1, 0.15) is 41.5 Å². The lowest BCUT2D eigenvalue weighted by Gasteiger charge is -2.28. The summed E-state index contributed by atoms with van der Waals surface area (Å²) in [5, 5.41) is 9.90. The van der Waals surface area contributed by atoms with Gasteiger partial charge in [-0.05, 0) is 22.7 Å². The van der Waals surface area contributed by atoms with E-state index >= 15 is 0 Å². The van der Waals surface area contributed by atoms with Crippen molar-refractivity contribution in [1.29, 1.82) is 0 Å². The molecule has 24 heavy (non-hydrogen) atoms. The Balaban J connectivity index is 0. The predicted octanol–water partition coefficient (Wildman–Crippen LogP) is 2.25. The van der Waals surface area contributed by atoms with Gasteiger partial charge in [0.05, 0.1) is 11.5 Å². The summed E-state index contributed by atoms with van der Waals surface area (Å²) in [5.74, 6) is 0.257. The van der Waals surface area contributed by atoms with Gasteiger partial charge in [-0.25, -0.2) is 27.1 Å². The minimum absolute atomic E-state index is 0.00676. The van der Waals surface area contributed by atoms with Crippen molar-refractivity contribution < 1.29 is 16.8 Å². The summed E-state index contributed by atoms with van der Waals surface area (Å²) in [6.45, 7) is 18.6. The first-order valence-electron chi connectivity index (χ1n) is 7.64. The summed E-state index contributed by atoms with van der Waals surface area (Å²) in [5.41, 5.74) is -0.676. The molecule has 0 unspecified atom stereocenters. The molecule has 0 aliphatic heterocycles. The van der Waals surface area contributed by atoms with Crippen LogP contribution < -0.4 is 10.3 Å². The largest absolute Gasteiger partial charge is 0.229 e. The SMILES string of the molecule is C=C[C@@H](C)C(C)(C)CS(N)(=O)=O.C=C[C@H](C)C(C)(C)CS(N)(=O)=O. The van der Waals surface area contributed by atoms with Gasteiger partial charge in [-0.3, -0.25) is 0 Å². The highest BCUT2D eigenvalue weighted by Gasteiger charge is 2.29. The van der Waals surface area contributed by atoms with Crippen LogP contribution in [-0.4, -0.2) is 28.3 Å². The van der Waals surface area contributed by atoms with E-state index < -0.39 is 20.0 Å². The van der Waals surface area contributed by atoms with Crippen LogP contribution in [0.25, 0.3) is 0 Å². The van der Waals surface area contributed by atoms with Gasteiger partial charge in [0.1, 0.15) is 0 Å². The van der Waals surface area contributed by atoms with Gasteiger partial charge in [0.25, 0.3) is 0 Å². The highest BCUT2D eigenvalue weighted by molar-refractivity contribution is 7.89. The van der Waals surface area contributed by atoms with Crippen LogP contribution in [0.4, 0.5) is 0 Å². The van der Waals surface area contributed by atoms with Crippen molar-refractivity contribution in [2.45, 2.75) is 41.5 Å². The molecule has 0 aromatic heterocycles. The molecule has 0 fully saturated rings. The predicted molar refractivity (Wildman–Crippen MR) is 102 cm³/mol. The minimum atomic E-state index is -3.38. The molecule has 0 aliphatic rings. The lowest BCUT2D eigenvalue weighted by molar-refractivity contribution is 0.316. The lowest BCUT2D eigenvalue weighted by atomic mass is 9.82. The second-order valence-corrected chi connectivity index (χ2v) is 10.9. The molecule has 8 heteroatoms. The number of primary sulfonamides is 2. The number of hydrogen-bond donors (Lipinski definition) is 2. The van der Waals surface area contributed by atoms with Crippen LogP contribution in [0.3, 0.4) is 0 Å². The van der Waals surface area contributed by atoms with Gasteiger partial charge in [-0.2, -0.15) is 0 Å². The quantitative estimate of drug-likeness (QED) is 0.625. The van der Waals surface area contributed by atoms with Crippen molar-refractivity contribution in [2.24, 2.45) is 32.9 Å². The zero-order valence-electron chi connectivity index (χ0n) is 15.7. The van der Waals surface area contributed by atoms with E-state index in [0.29, 0.717) is 0 Å². The first-order chi connectivity index (χ1) is 10.4. The standard InChI is InChI=1S/2C8H17NO2S/c2*1-5-7(2)8(3,4)6-12(9,10)11/h2*5,7H,1,6H2,2-4H3,(H2,9,10,11)/t2*7-/m10/s1. The van der Waals surface area contributed by atoms with Gasteiger partial charge < -0.3 is 0 Å². The van der Waals surface area contributed by atoms with Crippen molar-refractivity contribution in [3.63, 3.8) is 0 Å². The van der Waals surface area contributed by atoms with E-state index in [4.69, 9.17) is 10.3 Å². The third kappa shape index (κ3) is 11.8. The molecule has 2 atom stereocenters. The minimum Gasteiger partial charge on any atom is -0.229 e. The third-order valence-electron chi connectivity index (χ3n) is 4.32. The van der Waals surface area contributed by atoms with Crippen LogP contribution in [0.5, 0.6) is 0 Å². The van der Waals surface area contributed by atoms with E-state index in [9.17, 15) is 16.8 Å². The first-order valence-corrected chi connectivity index (χ1v) is 11.1. The number of hydrogen-bond acceptors (Lipinski definition) is 4. The van der Waals surface area contributed by atoms with E-state index in [1.807, 2.05) is 41.5 Å². The van der Waals surface area contributed by atoms with Crippen LogP contribution in [0, 0.1) is 22.7 Å². The average molecular weight is 383 g/mol. The van der Waals surface area contributed by atoms with Gasteiger partial charge in [-0.15, -0.1) is 13.2 Å². The van der Waals surface area contributed by atoms with Crippen LogP contribution in [0.15, 0.2) is 25.3 Å². The Morgan fingerprint density at radius 1 is 0.792 bits per heavy atom. The van der Waals surface area contributed by atoms with E-state index in [1.54, 1.807) is 12.2 Å². The monoisotopic (exact) mass is 382 g/mol. The molecular weight excluding hydrogens is 348 g/mol. The Bertz CT molecular complexity index is 564. The second kappa shape index (κ2) is 9.12. The Hall–Kier alpha value is -0.700. The Morgan fingerprint density at radius 3 is 1.12 bits per heavy atom. The summed E-state index contributed by atoms with van der Waals surface area (Å²) in [6, 6.07) is 0. The maximum atomic E-state index is 10.8. The van der Waals surface area contributed by atoms with Crippen LogP contribution >= 0.6 is 0 Å². The lowest BCUT2D eigenvalue weighted by Crippen LogP contribution is -2.33. The van der Waals surface area contributed by atoms with E-state index in [2.05, 4.69) is 13.2 Å². The normalized spacial score (nSPS) is 15.7. The molecule has 0 spiro atoms. The molecule has 0 aromatic rings. The van der Waals surface area contributed by atoms with Gasteiger partial charge in [0.15, 0.2) is 0 Å².